The van der Waals surface area contributed by atoms with Crippen LogP contribution >= 0.6 is 0 Å². The Kier molecular flexibility index (Phi) is 4.86. The topological polar surface area (TPSA) is 85.5 Å². The molecule has 112 valence electrons. The minimum Gasteiger partial charge on any atom is -0.496 e. The van der Waals surface area contributed by atoms with Crippen LogP contribution in [0.2, 0.25) is 0 Å². The second-order valence-electron chi connectivity index (χ2n) is 4.42. The van der Waals surface area contributed by atoms with Crippen molar-refractivity contribution in [3.05, 3.63) is 29.9 Å². The third-order valence-corrected chi connectivity index (χ3v) is 2.91. The van der Waals surface area contributed by atoms with Crippen molar-refractivity contribution in [2.75, 3.05) is 7.11 Å². The number of benzene rings is 1. The summed E-state index contributed by atoms with van der Waals surface area (Å²) in [4.78, 5) is 10.4. The molecule has 2 aromatic rings. The number of ether oxygens (including phenoxy) is 1. The highest BCUT2D eigenvalue weighted by Crippen LogP contribution is 2.31. The summed E-state index contributed by atoms with van der Waals surface area (Å²) in [5.41, 5.74) is 0.129. The number of aliphatic carboxylic acids is 1. The van der Waals surface area contributed by atoms with Crippen LogP contribution in [0.25, 0.3) is 11.5 Å². The maximum atomic E-state index is 13.9. The maximum absolute atomic E-state index is 13.9. The van der Waals surface area contributed by atoms with E-state index in [1.54, 1.807) is 6.07 Å². The molecule has 7 heteroatoms. The zero-order chi connectivity index (χ0) is 15.2. The van der Waals surface area contributed by atoms with Crippen LogP contribution in [0.5, 0.6) is 5.75 Å². The summed E-state index contributed by atoms with van der Waals surface area (Å²) < 4.78 is 24.3. The van der Waals surface area contributed by atoms with Crippen LogP contribution in [0, 0.1) is 5.82 Å². The number of carboxylic acid groups (broad SMARTS) is 1. The fourth-order valence-corrected chi connectivity index (χ4v) is 1.89. The van der Waals surface area contributed by atoms with E-state index in [0.29, 0.717) is 30.9 Å². The molecule has 1 heterocycles. The van der Waals surface area contributed by atoms with Crippen LogP contribution in [0.4, 0.5) is 4.39 Å². The van der Waals surface area contributed by atoms with E-state index in [4.69, 9.17) is 14.3 Å². The molecule has 2 rings (SSSR count). The van der Waals surface area contributed by atoms with Gasteiger partial charge in [0.05, 0.1) is 7.11 Å². The number of carbonyl (C=O) groups is 1. The predicted octanol–water partition coefficient (Wildman–Crippen LogP) is 2.68. The first-order valence-electron chi connectivity index (χ1n) is 6.49. The van der Waals surface area contributed by atoms with Gasteiger partial charge in [0.1, 0.15) is 17.1 Å². The van der Waals surface area contributed by atoms with Gasteiger partial charge < -0.3 is 14.3 Å². The van der Waals surface area contributed by atoms with Gasteiger partial charge in [-0.15, -0.1) is 10.2 Å². The Morgan fingerprint density at radius 3 is 2.90 bits per heavy atom. The molecule has 0 atom stereocenters. The number of hydrogen-bond donors (Lipinski definition) is 1. The van der Waals surface area contributed by atoms with E-state index in [1.807, 2.05) is 0 Å². The van der Waals surface area contributed by atoms with Crippen LogP contribution in [-0.4, -0.2) is 28.4 Å². The van der Waals surface area contributed by atoms with Gasteiger partial charge in [0, 0.05) is 12.8 Å². The SMILES string of the molecule is COc1cccc(F)c1-c1nnc(CCCCC(=O)O)o1. The molecule has 0 bridgehead atoms. The van der Waals surface area contributed by atoms with Gasteiger partial charge >= 0.3 is 5.97 Å². The molecule has 6 nitrogen and oxygen atoms in total. The Morgan fingerprint density at radius 1 is 1.38 bits per heavy atom. The highest BCUT2D eigenvalue weighted by molar-refractivity contribution is 5.66. The lowest BCUT2D eigenvalue weighted by atomic mass is 10.2. The van der Waals surface area contributed by atoms with Crippen molar-refractivity contribution in [2.45, 2.75) is 25.7 Å². The minimum absolute atomic E-state index is 0.0539. The Hall–Kier alpha value is -2.44. The Balaban J connectivity index is 2.08. The van der Waals surface area contributed by atoms with Crippen LogP contribution < -0.4 is 4.74 Å². The van der Waals surface area contributed by atoms with Crippen molar-refractivity contribution in [1.82, 2.24) is 10.2 Å². The predicted molar refractivity (Wildman–Crippen MR) is 71.4 cm³/mol. The highest BCUT2D eigenvalue weighted by Gasteiger charge is 2.18. The van der Waals surface area contributed by atoms with Gasteiger partial charge in [-0.1, -0.05) is 6.07 Å². The van der Waals surface area contributed by atoms with Crippen LogP contribution in [0.3, 0.4) is 0 Å². The lowest BCUT2D eigenvalue weighted by Gasteiger charge is -2.05. The summed E-state index contributed by atoms with van der Waals surface area (Å²) in [6.07, 6.45) is 1.69. The molecule has 1 N–H and O–H groups in total. The standard InChI is InChI=1S/C14H15FN2O4/c1-20-10-6-4-5-9(15)13(10)14-17-16-11(21-14)7-2-3-8-12(18)19/h4-6H,2-3,7-8H2,1H3,(H,18,19). The second-order valence-corrected chi connectivity index (χ2v) is 4.42. The van der Waals surface area contributed by atoms with Gasteiger partial charge in [0.15, 0.2) is 0 Å². The number of hydrogen-bond acceptors (Lipinski definition) is 5. The quantitative estimate of drug-likeness (QED) is 0.790. The summed E-state index contributed by atoms with van der Waals surface area (Å²) in [5, 5.41) is 16.2. The molecule has 1 aromatic carbocycles. The summed E-state index contributed by atoms with van der Waals surface area (Å²) in [7, 11) is 1.43. The van der Waals surface area contributed by atoms with Gasteiger partial charge in [-0.3, -0.25) is 4.79 Å². The smallest absolute Gasteiger partial charge is 0.303 e. The Bertz CT molecular complexity index is 627. The average molecular weight is 294 g/mol. The first-order valence-corrected chi connectivity index (χ1v) is 6.49. The molecule has 0 aliphatic heterocycles. The first kappa shape index (κ1) is 15.0. The molecule has 0 aliphatic carbocycles. The fourth-order valence-electron chi connectivity index (χ4n) is 1.89. The van der Waals surface area contributed by atoms with E-state index in [0.717, 1.165) is 0 Å². The average Bonchev–Trinajstić information content (AvgIpc) is 2.91. The third kappa shape index (κ3) is 3.77. The summed E-state index contributed by atoms with van der Waals surface area (Å²) in [6.45, 7) is 0. The summed E-state index contributed by atoms with van der Waals surface area (Å²) in [5.74, 6) is -0.623. The van der Waals surface area contributed by atoms with Gasteiger partial charge in [-0.05, 0) is 25.0 Å². The van der Waals surface area contributed by atoms with Crippen LogP contribution in [0.1, 0.15) is 25.2 Å². The maximum Gasteiger partial charge on any atom is 0.303 e. The number of nitrogens with zero attached hydrogens (tertiary/aromatic N) is 2. The fraction of sp³-hybridized carbons (Fsp3) is 0.357. The Morgan fingerprint density at radius 2 is 2.19 bits per heavy atom. The zero-order valence-electron chi connectivity index (χ0n) is 11.5. The van der Waals surface area contributed by atoms with E-state index < -0.39 is 11.8 Å². The molecule has 0 radical (unpaired) electrons. The highest BCUT2D eigenvalue weighted by atomic mass is 19.1. The number of halogens is 1. The van der Waals surface area contributed by atoms with Crippen molar-refractivity contribution in [3.63, 3.8) is 0 Å². The van der Waals surface area contributed by atoms with Gasteiger partial charge in [-0.25, -0.2) is 4.39 Å². The molecule has 0 unspecified atom stereocenters. The molecule has 0 saturated heterocycles. The van der Waals surface area contributed by atoms with Crippen molar-refractivity contribution in [1.29, 1.82) is 0 Å². The second kappa shape index (κ2) is 6.83. The van der Waals surface area contributed by atoms with Crippen molar-refractivity contribution in [2.24, 2.45) is 0 Å². The van der Waals surface area contributed by atoms with E-state index >= 15 is 0 Å². The normalized spacial score (nSPS) is 10.6. The number of methoxy groups -OCH3 is 1. The Labute approximate surface area is 120 Å². The van der Waals surface area contributed by atoms with E-state index in [9.17, 15) is 9.18 Å². The molecule has 1 aromatic heterocycles. The van der Waals surface area contributed by atoms with E-state index in [2.05, 4.69) is 10.2 Å². The van der Waals surface area contributed by atoms with E-state index in [1.165, 1.54) is 19.2 Å². The number of aryl methyl sites for hydroxylation is 1. The molecule has 0 spiro atoms. The van der Waals surface area contributed by atoms with Crippen LogP contribution in [-0.2, 0) is 11.2 Å². The van der Waals surface area contributed by atoms with E-state index in [-0.39, 0.29) is 17.9 Å². The molecule has 0 amide bonds. The van der Waals surface area contributed by atoms with Crippen molar-refractivity contribution < 1.29 is 23.4 Å². The lowest BCUT2D eigenvalue weighted by molar-refractivity contribution is -0.137. The number of rotatable bonds is 7. The molecular formula is C14H15FN2O4. The molecule has 21 heavy (non-hydrogen) atoms. The third-order valence-electron chi connectivity index (χ3n) is 2.91. The minimum atomic E-state index is -0.836. The number of carboxylic acids is 1. The molecule has 0 fully saturated rings. The van der Waals surface area contributed by atoms with Crippen LogP contribution in [0.15, 0.2) is 22.6 Å². The molecule has 0 aliphatic rings. The number of aromatic nitrogens is 2. The van der Waals surface area contributed by atoms with Gasteiger partial charge in [0.25, 0.3) is 5.89 Å². The van der Waals surface area contributed by atoms with Crippen molar-refractivity contribution >= 4 is 5.97 Å². The lowest BCUT2D eigenvalue weighted by Crippen LogP contribution is -1.95. The van der Waals surface area contributed by atoms with Crippen molar-refractivity contribution in [3.8, 4) is 17.2 Å². The van der Waals surface area contributed by atoms with Gasteiger partial charge in [0.2, 0.25) is 5.89 Å². The number of unbranched alkanes of at least 4 members (excludes halogenated alkanes) is 1. The largest absolute Gasteiger partial charge is 0.496 e. The molecule has 0 saturated carbocycles. The van der Waals surface area contributed by atoms with Gasteiger partial charge in [-0.2, -0.15) is 0 Å². The summed E-state index contributed by atoms with van der Waals surface area (Å²) >= 11 is 0. The first-order chi connectivity index (χ1) is 10.1. The summed E-state index contributed by atoms with van der Waals surface area (Å²) in [6, 6.07) is 4.42. The molecular weight excluding hydrogens is 279 g/mol. The monoisotopic (exact) mass is 294 g/mol. The zero-order valence-corrected chi connectivity index (χ0v) is 11.5.